The molecule has 1 saturated carbocycles. The van der Waals surface area contributed by atoms with Crippen molar-refractivity contribution in [2.24, 2.45) is 11.7 Å². The molecule has 27 heavy (non-hydrogen) atoms. The minimum absolute atomic E-state index is 0. The Labute approximate surface area is 167 Å². The summed E-state index contributed by atoms with van der Waals surface area (Å²) in [7, 11) is 0. The number of nitrogens with two attached hydrogens (primary N) is 1. The molecular formula is C22H29ClN2O2. The molecular weight excluding hydrogens is 360 g/mol. The Bertz CT molecular complexity index is 751. The molecule has 1 amide bonds. The van der Waals surface area contributed by atoms with Gasteiger partial charge in [-0.1, -0.05) is 36.8 Å². The van der Waals surface area contributed by atoms with E-state index in [1.54, 1.807) is 0 Å². The summed E-state index contributed by atoms with van der Waals surface area (Å²) in [5, 5.41) is 3.02. The standard InChI is InChI=1S/C22H28N2O2.ClH/c1-15-13-19(26-16(2)17-7-4-3-5-8-17)11-12-21(15)24-22(25)14-18-9-6-10-20(18)23;/h3-5,7-8,11-13,16,18,20H,6,9-10,14,23H2,1-2H3,(H,24,25);1H/t16?,18-,20+;/m0./s1. The van der Waals surface area contributed by atoms with Gasteiger partial charge in [0.15, 0.2) is 0 Å². The quantitative estimate of drug-likeness (QED) is 0.730. The average Bonchev–Trinajstić information content (AvgIpc) is 3.03. The van der Waals surface area contributed by atoms with Crippen LogP contribution in [-0.4, -0.2) is 11.9 Å². The molecule has 0 radical (unpaired) electrons. The molecule has 3 N–H and O–H groups in total. The molecule has 0 saturated heterocycles. The zero-order valence-electron chi connectivity index (χ0n) is 16.0. The van der Waals surface area contributed by atoms with Crippen molar-refractivity contribution in [1.29, 1.82) is 0 Å². The largest absolute Gasteiger partial charge is 0.486 e. The fourth-order valence-electron chi connectivity index (χ4n) is 3.60. The summed E-state index contributed by atoms with van der Waals surface area (Å²) in [4.78, 5) is 12.3. The maximum atomic E-state index is 12.3. The summed E-state index contributed by atoms with van der Waals surface area (Å²) in [5.41, 5.74) is 9.03. The van der Waals surface area contributed by atoms with Gasteiger partial charge >= 0.3 is 0 Å². The Kier molecular flexibility index (Phi) is 7.69. The zero-order chi connectivity index (χ0) is 18.5. The van der Waals surface area contributed by atoms with Crippen LogP contribution >= 0.6 is 12.4 Å². The Morgan fingerprint density at radius 1 is 1.22 bits per heavy atom. The van der Waals surface area contributed by atoms with E-state index in [-0.39, 0.29) is 30.5 Å². The second-order valence-electron chi connectivity index (χ2n) is 7.25. The summed E-state index contributed by atoms with van der Waals surface area (Å²) < 4.78 is 6.03. The molecule has 1 aliphatic rings. The first-order valence-corrected chi connectivity index (χ1v) is 9.40. The minimum Gasteiger partial charge on any atom is -0.486 e. The van der Waals surface area contributed by atoms with Crippen molar-refractivity contribution in [3.8, 4) is 5.75 Å². The van der Waals surface area contributed by atoms with Gasteiger partial charge in [0.25, 0.3) is 0 Å². The first kappa shape index (κ1) is 21.3. The van der Waals surface area contributed by atoms with Gasteiger partial charge in [0.2, 0.25) is 5.91 Å². The lowest BCUT2D eigenvalue weighted by Crippen LogP contribution is -2.28. The van der Waals surface area contributed by atoms with Crippen LogP contribution in [-0.2, 0) is 4.79 Å². The number of rotatable bonds is 6. The van der Waals surface area contributed by atoms with Gasteiger partial charge in [-0.3, -0.25) is 4.79 Å². The number of hydrogen-bond donors (Lipinski definition) is 2. The number of amides is 1. The van der Waals surface area contributed by atoms with E-state index in [1.165, 1.54) is 0 Å². The smallest absolute Gasteiger partial charge is 0.224 e. The van der Waals surface area contributed by atoms with Crippen LogP contribution in [0.4, 0.5) is 5.69 Å². The molecule has 3 rings (SSSR count). The minimum atomic E-state index is -0.0279. The second kappa shape index (κ2) is 9.77. The molecule has 0 spiro atoms. The van der Waals surface area contributed by atoms with Gasteiger partial charge in [-0.05, 0) is 61.9 Å². The van der Waals surface area contributed by atoms with Crippen molar-refractivity contribution in [2.75, 3.05) is 5.32 Å². The lowest BCUT2D eigenvalue weighted by atomic mass is 10.00. The third-order valence-corrected chi connectivity index (χ3v) is 5.22. The Hall–Kier alpha value is -2.04. The Morgan fingerprint density at radius 2 is 1.96 bits per heavy atom. The number of aryl methyl sites for hydroxylation is 1. The number of benzene rings is 2. The molecule has 3 atom stereocenters. The number of hydrogen-bond acceptors (Lipinski definition) is 3. The van der Waals surface area contributed by atoms with Crippen LogP contribution in [0.1, 0.15) is 49.8 Å². The van der Waals surface area contributed by atoms with Crippen LogP contribution < -0.4 is 15.8 Å². The van der Waals surface area contributed by atoms with Gasteiger partial charge in [-0.25, -0.2) is 0 Å². The normalized spacial score (nSPS) is 19.8. The van der Waals surface area contributed by atoms with Crippen LogP contribution in [0.25, 0.3) is 0 Å². The van der Waals surface area contributed by atoms with E-state index in [2.05, 4.69) is 17.4 Å². The molecule has 0 aromatic heterocycles. The molecule has 1 aliphatic carbocycles. The van der Waals surface area contributed by atoms with Crippen molar-refractivity contribution in [2.45, 2.75) is 51.7 Å². The number of carbonyl (C=O) groups excluding carboxylic acids is 1. The molecule has 4 nitrogen and oxygen atoms in total. The van der Waals surface area contributed by atoms with Crippen molar-refractivity contribution in [3.63, 3.8) is 0 Å². The highest BCUT2D eigenvalue weighted by molar-refractivity contribution is 5.91. The topological polar surface area (TPSA) is 64.3 Å². The SMILES string of the molecule is Cc1cc(OC(C)c2ccccc2)ccc1NC(=O)C[C@@H]1CCC[C@H]1N.Cl. The van der Waals surface area contributed by atoms with Gasteiger partial charge in [-0.15, -0.1) is 12.4 Å². The molecule has 1 unspecified atom stereocenters. The third kappa shape index (κ3) is 5.72. The molecule has 2 aromatic rings. The van der Waals surface area contributed by atoms with E-state index in [0.717, 1.165) is 41.8 Å². The zero-order valence-corrected chi connectivity index (χ0v) is 16.8. The number of carbonyl (C=O) groups is 1. The Morgan fingerprint density at radius 3 is 2.59 bits per heavy atom. The average molecular weight is 389 g/mol. The third-order valence-electron chi connectivity index (χ3n) is 5.22. The highest BCUT2D eigenvalue weighted by atomic mass is 35.5. The molecule has 2 aromatic carbocycles. The molecule has 5 heteroatoms. The van der Waals surface area contributed by atoms with Crippen molar-refractivity contribution in [1.82, 2.24) is 0 Å². The summed E-state index contributed by atoms with van der Waals surface area (Å²) in [6.45, 7) is 4.02. The number of nitrogens with one attached hydrogen (secondary N) is 1. The van der Waals surface area contributed by atoms with Gasteiger partial charge < -0.3 is 15.8 Å². The highest BCUT2D eigenvalue weighted by Crippen LogP contribution is 2.29. The van der Waals surface area contributed by atoms with Crippen molar-refractivity contribution in [3.05, 3.63) is 59.7 Å². The van der Waals surface area contributed by atoms with E-state index >= 15 is 0 Å². The maximum absolute atomic E-state index is 12.3. The highest BCUT2D eigenvalue weighted by Gasteiger charge is 2.26. The summed E-state index contributed by atoms with van der Waals surface area (Å²) in [6.07, 6.45) is 3.69. The predicted molar refractivity (Wildman–Crippen MR) is 112 cm³/mol. The van der Waals surface area contributed by atoms with Crippen LogP contribution in [0, 0.1) is 12.8 Å². The molecule has 0 heterocycles. The van der Waals surface area contributed by atoms with Gasteiger partial charge in [0.1, 0.15) is 11.9 Å². The Balaban J connectivity index is 0.00000261. The fourth-order valence-corrected chi connectivity index (χ4v) is 3.60. The summed E-state index contributed by atoms with van der Waals surface area (Å²) in [5.74, 6) is 1.15. The predicted octanol–water partition coefficient (Wildman–Crippen LogP) is 5.01. The summed E-state index contributed by atoms with van der Waals surface area (Å²) in [6, 6.07) is 16.1. The van der Waals surface area contributed by atoms with E-state index < -0.39 is 0 Å². The summed E-state index contributed by atoms with van der Waals surface area (Å²) >= 11 is 0. The molecule has 1 fully saturated rings. The van der Waals surface area contributed by atoms with Crippen LogP contribution in [0.3, 0.4) is 0 Å². The molecule has 0 bridgehead atoms. The second-order valence-corrected chi connectivity index (χ2v) is 7.25. The lowest BCUT2D eigenvalue weighted by Gasteiger charge is -2.18. The van der Waals surface area contributed by atoms with Crippen molar-refractivity contribution >= 4 is 24.0 Å². The van der Waals surface area contributed by atoms with Crippen LogP contribution in [0.15, 0.2) is 48.5 Å². The molecule has 0 aliphatic heterocycles. The van der Waals surface area contributed by atoms with Crippen LogP contribution in [0.2, 0.25) is 0 Å². The van der Waals surface area contributed by atoms with E-state index in [1.807, 2.05) is 50.2 Å². The van der Waals surface area contributed by atoms with E-state index in [0.29, 0.717) is 12.3 Å². The van der Waals surface area contributed by atoms with Crippen molar-refractivity contribution < 1.29 is 9.53 Å². The van der Waals surface area contributed by atoms with E-state index in [9.17, 15) is 4.79 Å². The first-order chi connectivity index (χ1) is 12.5. The lowest BCUT2D eigenvalue weighted by molar-refractivity contribution is -0.117. The van der Waals surface area contributed by atoms with Gasteiger partial charge in [-0.2, -0.15) is 0 Å². The number of ether oxygens (including phenoxy) is 1. The van der Waals surface area contributed by atoms with Gasteiger partial charge in [0, 0.05) is 18.2 Å². The maximum Gasteiger partial charge on any atom is 0.224 e. The first-order valence-electron chi connectivity index (χ1n) is 9.40. The number of halogens is 1. The number of anilines is 1. The van der Waals surface area contributed by atoms with Crippen LogP contribution in [0.5, 0.6) is 5.75 Å². The van der Waals surface area contributed by atoms with Gasteiger partial charge in [0.05, 0.1) is 0 Å². The monoisotopic (exact) mass is 388 g/mol. The molecule has 146 valence electrons. The fraction of sp³-hybridized carbons (Fsp3) is 0.409. The van der Waals surface area contributed by atoms with E-state index in [4.69, 9.17) is 10.5 Å².